The highest BCUT2D eigenvalue weighted by Crippen LogP contribution is 1.94. The summed E-state index contributed by atoms with van der Waals surface area (Å²) >= 11 is 0. The summed E-state index contributed by atoms with van der Waals surface area (Å²) in [6.07, 6.45) is 6.05. The Morgan fingerprint density at radius 1 is 1.58 bits per heavy atom. The average Bonchev–Trinajstić information content (AvgIpc) is 2.56. The van der Waals surface area contributed by atoms with Gasteiger partial charge < -0.3 is 5.73 Å². The second-order valence-electron chi connectivity index (χ2n) is 1.60. The van der Waals surface area contributed by atoms with Crippen LogP contribution < -0.4 is 5.73 Å². The third-order valence-corrected chi connectivity index (χ3v) is 1.02. The molecule has 0 bridgehead atoms. The molecule has 0 saturated carbocycles. The van der Waals surface area contributed by atoms with Crippen LogP contribution in [0.15, 0.2) is 19.1 Å². The van der Waals surface area contributed by atoms with Crippen molar-refractivity contribution < 1.29 is 0 Å². The van der Waals surface area contributed by atoms with Gasteiger partial charge >= 0.3 is 0 Å². The molecular weight excluding hydrogens is 152 g/mol. The number of hydrogen-bond acceptors (Lipinski definition) is 3. The van der Waals surface area contributed by atoms with E-state index >= 15 is 0 Å². The first-order valence-electron chi connectivity index (χ1n) is 3.79. The Bertz CT molecular complexity index is 249. The van der Waals surface area contributed by atoms with E-state index in [0.29, 0.717) is 5.82 Å². The van der Waals surface area contributed by atoms with Crippen LogP contribution in [0, 0.1) is 0 Å². The molecule has 0 fully saturated rings. The summed E-state index contributed by atoms with van der Waals surface area (Å²) in [6, 6.07) is 0. The van der Waals surface area contributed by atoms with Gasteiger partial charge in [-0.15, -0.1) is 0 Å². The van der Waals surface area contributed by atoms with Gasteiger partial charge in [-0.2, -0.15) is 5.10 Å². The van der Waals surface area contributed by atoms with Crippen molar-refractivity contribution in [1.29, 1.82) is 0 Å². The quantitative estimate of drug-likeness (QED) is 0.721. The van der Waals surface area contributed by atoms with Crippen molar-refractivity contribution in [3.63, 3.8) is 0 Å². The predicted octanol–water partition coefficient (Wildman–Crippen LogP) is 1.33. The maximum absolute atomic E-state index is 5.15. The van der Waals surface area contributed by atoms with Crippen LogP contribution in [-0.4, -0.2) is 14.8 Å². The minimum atomic E-state index is 0.678. The first-order chi connectivity index (χ1) is 5.88. The molecule has 0 aliphatic rings. The van der Waals surface area contributed by atoms with E-state index in [-0.39, 0.29) is 0 Å². The number of nitrogens with zero attached hydrogens (tertiary/aromatic N) is 3. The van der Waals surface area contributed by atoms with Crippen LogP contribution in [-0.2, 0) is 0 Å². The summed E-state index contributed by atoms with van der Waals surface area (Å²) < 4.78 is 1.53. The fourth-order valence-electron chi connectivity index (χ4n) is 0.605. The number of aromatic nitrogens is 3. The largest absolute Gasteiger partial charge is 0.404 e. The molecule has 0 aliphatic carbocycles. The summed E-state index contributed by atoms with van der Waals surface area (Å²) in [7, 11) is 0. The van der Waals surface area contributed by atoms with Crippen molar-refractivity contribution in [2.24, 2.45) is 5.73 Å². The molecule has 66 valence electrons. The zero-order valence-electron chi connectivity index (χ0n) is 7.44. The summed E-state index contributed by atoms with van der Waals surface area (Å²) in [5.74, 6) is 0.678. The molecule has 2 N–H and O–H groups in total. The van der Waals surface area contributed by atoms with Crippen molar-refractivity contribution in [3.05, 3.63) is 24.9 Å². The fraction of sp³-hybridized carbons (Fsp3) is 0.250. The summed E-state index contributed by atoms with van der Waals surface area (Å²) in [6.45, 7) is 7.53. The van der Waals surface area contributed by atoms with E-state index in [1.165, 1.54) is 17.2 Å². The van der Waals surface area contributed by atoms with Crippen LogP contribution in [0.5, 0.6) is 0 Å². The molecule has 12 heavy (non-hydrogen) atoms. The Morgan fingerprint density at radius 2 is 2.25 bits per heavy atom. The van der Waals surface area contributed by atoms with E-state index < -0.39 is 0 Å². The second-order valence-corrected chi connectivity index (χ2v) is 1.60. The van der Waals surface area contributed by atoms with Crippen LogP contribution in [0.2, 0.25) is 0 Å². The lowest BCUT2D eigenvalue weighted by molar-refractivity contribution is 0.923. The molecule has 1 heterocycles. The molecule has 0 aliphatic heterocycles. The molecular formula is C8H14N4. The molecule has 0 aromatic carbocycles. The molecule has 0 amide bonds. The molecule has 1 rings (SSSR count). The maximum atomic E-state index is 5.15. The lowest BCUT2D eigenvalue weighted by Crippen LogP contribution is -1.91. The normalized spacial score (nSPS) is 9.17. The van der Waals surface area contributed by atoms with Crippen molar-refractivity contribution >= 4 is 12.3 Å². The molecule has 0 atom stereocenters. The highest BCUT2D eigenvalue weighted by molar-refractivity contribution is 5.41. The molecule has 4 heteroatoms. The SMILES string of the molecule is C=Cn1ncnc1/C=C\N.CC. The van der Waals surface area contributed by atoms with Gasteiger partial charge in [0.2, 0.25) is 0 Å². The molecule has 0 radical (unpaired) electrons. The third kappa shape index (κ3) is 2.57. The van der Waals surface area contributed by atoms with E-state index in [2.05, 4.69) is 16.7 Å². The monoisotopic (exact) mass is 166 g/mol. The van der Waals surface area contributed by atoms with E-state index in [4.69, 9.17) is 5.73 Å². The van der Waals surface area contributed by atoms with Gasteiger partial charge in [0.25, 0.3) is 0 Å². The average molecular weight is 166 g/mol. The van der Waals surface area contributed by atoms with Gasteiger partial charge in [-0.1, -0.05) is 20.4 Å². The highest BCUT2D eigenvalue weighted by Gasteiger charge is 1.92. The van der Waals surface area contributed by atoms with E-state index in [1.54, 1.807) is 12.3 Å². The lowest BCUT2D eigenvalue weighted by atomic mass is 10.6. The van der Waals surface area contributed by atoms with Crippen molar-refractivity contribution in [3.8, 4) is 0 Å². The molecule has 0 spiro atoms. The van der Waals surface area contributed by atoms with Gasteiger partial charge in [0, 0.05) is 6.20 Å². The summed E-state index contributed by atoms with van der Waals surface area (Å²) in [4.78, 5) is 3.89. The molecule has 0 saturated heterocycles. The van der Waals surface area contributed by atoms with Gasteiger partial charge in [-0.25, -0.2) is 9.67 Å². The van der Waals surface area contributed by atoms with Gasteiger partial charge in [0.05, 0.1) is 0 Å². The smallest absolute Gasteiger partial charge is 0.156 e. The third-order valence-electron chi connectivity index (χ3n) is 1.02. The Morgan fingerprint density at radius 3 is 2.75 bits per heavy atom. The van der Waals surface area contributed by atoms with Gasteiger partial charge in [0.1, 0.15) is 6.33 Å². The van der Waals surface area contributed by atoms with Gasteiger partial charge in [-0.3, -0.25) is 0 Å². The van der Waals surface area contributed by atoms with Crippen LogP contribution in [0.1, 0.15) is 19.7 Å². The van der Waals surface area contributed by atoms with Crippen LogP contribution >= 0.6 is 0 Å². The lowest BCUT2D eigenvalue weighted by Gasteiger charge is -1.89. The zero-order chi connectivity index (χ0) is 9.40. The minimum absolute atomic E-state index is 0.678. The van der Waals surface area contributed by atoms with Gasteiger partial charge in [-0.05, 0) is 12.3 Å². The standard InChI is InChI=1S/C6H8N4.C2H6/c1-2-10-6(3-4-7)8-5-9-10;1-2/h2-5H,1,7H2;1-2H3/b4-3-;. The Hall–Kier alpha value is -1.58. The van der Waals surface area contributed by atoms with Crippen molar-refractivity contribution in [2.75, 3.05) is 0 Å². The Kier molecular flexibility index (Phi) is 5.34. The number of hydrogen-bond donors (Lipinski definition) is 1. The van der Waals surface area contributed by atoms with E-state index in [1.807, 2.05) is 13.8 Å². The van der Waals surface area contributed by atoms with Crippen LogP contribution in [0.25, 0.3) is 12.3 Å². The minimum Gasteiger partial charge on any atom is -0.404 e. The number of nitrogens with two attached hydrogens (primary N) is 1. The highest BCUT2D eigenvalue weighted by atomic mass is 15.3. The number of rotatable bonds is 2. The van der Waals surface area contributed by atoms with Crippen LogP contribution in [0.4, 0.5) is 0 Å². The second kappa shape index (κ2) is 6.15. The van der Waals surface area contributed by atoms with Crippen molar-refractivity contribution in [1.82, 2.24) is 14.8 Å². The molecule has 1 aromatic rings. The summed E-state index contributed by atoms with van der Waals surface area (Å²) in [5.41, 5.74) is 5.15. The Labute approximate surface area is 72.4 Å². The molecule has 1 aromatic heterocycles. The Balaban J connectivity index is 0.000000561. The van der Waals surface area contributed by atoms with Crippen molar-refractivity contribution in [2.45, 2.75) is 13.8 Å². The molecule has 4 nitrogen and oxygen atoms in total. The first kappa shape index (κ1) is 10.4. The predicted molar refractivity (Wildman–Crippen MR) is 51.0 cm³/mol. The van der Waals surface area contributed by atoms with Gasteiger partial charge in [0.15, 0.2) is 5.82 Å². The first-order valence-corrected chi connectivity index (χ1v) is 3.79. The van der Waals surface area contributed by atoms with E-state index in [0.717, 1.165) is 0 Å². The van der Waals surface area contributed by atoms with Crippen LogP contribution in [0.3, 0.4) is 0 Å². The fourth-order valence-corrected chi connectivity index (χ4v) is 0.605. The summed E-state index contributed by atoms with van der Waals surface area (Å²) in [5, 5.41) is 3.83. The maximum Gasteiger partial charge on any atom is 0.156 e. The zero-order valence-corrected chi connectivity index (χ0v) is 7.44. The van der Waals surface area contributed by atoms with E-state index in [9.17, 15) is 0 Å². The topological polar surface area (TPSA) is 56.7 Å². The molecule has 0 unspecified atom stereocenters.